The summed E-state index contributed by atoms with van der Waals surface area (Å²) in [6.45, 7) is 2.34. The first-order valence-electron chi connectivity index (χ1n) is 9.18. The summed E-state index contributed by atoms with van der Waals surface area (Å²) in [6.07, 6.45) is 0. The average molecular weight is 390 g/mol. The predicted octanol–water partition coefficient (Wildman–Crippen LogP) is 5.23. The predicted molar refractivity (Wildman–Crippen MR) is 113 cm³/mol. The lowest BCUT2D eigenvalue weighted by Crippen LogP contribution is -2.31. The zero-order chi connectivity index (χ0) is 19.5. The molecule has 1 N–H and O–H groups in total. The number of amides is 1. The number of hydrogen-bond donors (Lipinski definition) is 1. The van der Waals surface area contributed by atoms with E-state index in [-0.39, 0.29) is 5.91 Å². The highest BCUT2D eigenvalue weighted by Crippen LogP contribution is 2.31. The molecule has 0 saturated heterocycles. The van der Waals surface area contributed by atoms with Gasteiger partial charge < -0.3 is 5.32 Å². The van der Waals surface area contributed by atoms with Crippen molar-refractivity contribution in [1.29, 1.82) is 0 Å². The molecule has 1 heterocycles. The summed E-state index contributed by atoms with van der Waals surface area (Å²) >= 11 is 6.23. The van der Waals surface area contributed by atoms with Gasteiger partial charge in [0, 0.05) is 22.5 Å². The fraction of sp³-hybridized carbons (Fsp3) is 0.130. The molecule has 4 rings (SSSR count). The minimum Gasteiger partial charge on any atom is -0.350 e. The SMILES string of the molecule is C[C@H](C(=O)NCc1ccccc1)n1nc(-c2ccccc2)c2cc(Cl)ccc21. The molecule has 140 valence electrons. The van der Waals surface area contributed by atoms with Gasteiger partial charge in [-0.05, 0) is 30.7 Å². The number of benzene rings is 3. The molecule has 4 nitrogen and oxygen atoms in total. The molecule has 0 radical (unpaired) electrons. The molecular weight excluding hydrogens is 370 g/mol. The van der Waals surface area contributed by atoms with Crippen molar-refractivity contribution in [3.8, 4) is 11.3 Å². The standard InChI is InChI=1S/C23H20ClN3O/c1-16(23(28)25-15-17-8-4-2-5-9-17)27-21-13-12-19(24)14-20(21)22(26-27)18-10-6-3-7-11-18/h2-14,16H,15H2,1H3,(H,25,28)/t16-/m1/s1. The maximum atomic E-state index is 12.8. The molecule has 0 bridgehead atoms. The monoisotopic (exact) mass is 389 g/mol. The molecule has 3 aromatic carbocycles. The van der Waals surface area contributed by atoms with Gasteiger partial charge in [-0.1, -0.05) is 72.3 Å². The van der Waals surface area contributed by atoms with Crippen LogP contribution in [0.4, 0.5) is 0 Å². The van der Waals surface area contributed by atoms with Crippen molar-refractivity contribution >= 4 is 28.4 Å². The maximum absolute atomic E-state index is 12.8. The summed E-state index contributed by atoms with van der Waals surface area (Å²) in [4.78, 5) is 12.8. The molecule has 0 fully saturated rings. The Labute approximate surface area is 168 Å². The van der Waals surface area contributed by atoms with E-state index in [1.54, 1.807) is 4.68 Å². The second kappa shape index (κ2) is 7.87. The zero-order valence-corrected chi connectivity index (χ0v) is 16.2. The number of aromatic nitrogens is 2. The van der Waals surface area contributed by atoms with Crippen LogP contribution >= 0.6 is 11.6 Å². The molecule has 0 saturated carbocycles. The molecule has 0 spiro atoms. The van der Waals surface area contributed by atoms with Gasteiger partial charge in [0.05, 0.1) is 5.52 Å². The van der Waals surface area contributed by atoms with E-state index in [0.29, 0.717) is 11.6 Å². The van der Waals surface area contributed by atoms with Crippen LogP contribution in [0.2, 0.25) is 5.02 Å². The summed E-state index contributed by atoms with van der Waals surface area (Å²) in [5.41, 5.74) is 3.75. The van der Waals surface area contributed by atoms with Crippen LogP contribution in [-0.4, -0.2) is 15.7 Å². The average Bonchev–Trinajstić information content (AvgIpc) is 3.11. The highest BCUT2D eigenvalue weighted by atomic mass is 35.5. The van der Waals surface area contributed by atoms with Crippen molar-refractivity contribution in [2.75, 3.05) is 0 Å². The van der Waals surface area contributed by atoms with E-state index >= 15 is 0 Å². The molecule has 5 heteroatoms. The first-order chi connectivity index (χ1) is 13.6. The number of rotatable bonds is 5. The van der Waals surface area contributed by atoms with Gasteiger partial charge in [-0.15, -0.1) is 0 Å². The fourth-order valence-corrected chi connectivity index (χ4v) is 3.43. The van der Waals surface area contributed by atoms with Crippen LogP contribution in [0, 0.1) is 0 Å². The Balaban J connectivity index is 1.67. The lowest BCUT2D eigenvalue weighted by molar-refractivity contribution is -0.124. The summed E-state index contributed by atoms with van der Waals surface area (Å²) in [5, 5.41) is 9.35. The lowest BCUT2D eigenvalue weighted by Gasteiger charge is -2.14. The van der Waals surface area contributed by atoms with Crippen molar-refractivity contribution < 1.29 is 4.79 Å². The number of nitrogens with one attached hydrogen (secondary N) is 1. The first kappa shape index (κ1) is 18.3. The molecule has 1 aromatic heterocycles. The molecule has 0 aliphatic rings. The maximum Gasteiger partial charge on any atom is 0.244 e. The topological polar surface area (TPSA) is 46.9 Å². The molecule has 1 amide bonds. The number of hydrogen-bond acceptors (Lipinski definition) is 2. The Kier molecular flexibility index (Phi) is 5.13. The summed E-state index contributed by atoms with van der Waals surface area (Å²) in [5.74, 6) is -0.0807. The molecule has 4 aromatic rings. The van der Waals surface area contributed by atoms with E-state index in [4.69, 9.17) is 16.7 Å². The van der Waals surface area contributed by atoms with Crippen molar-refractivity contribution in [2.45, 2.75) is 19.5 Å². The third kappa shape index (κ3) is 3.64. The van der Waals surface area contributed by atoms with E-state index in [9.17, 15) is 4.79 Å². The van der Waals surface area contributed by atoms with Crippen molar-refractivity contribution in [3.05, 3.63) is 89.4 Å². The van der Waals surface area contributed by atoms with Crippen LogP contribution in [0.15, 0.2) is 78.9 Å². The number of carbonyl (C=O) groups excluding carboxylic acids is 1. The Bertz CT molecular complexity index is 1110. The summed E-state index contributed by atoms with van der Waals surface area (Å²) in [6, 6.07) is 25.0. The van der Waals surface area contributed by atoms with Crippen molar-refractivity contribution in [2.24, 2.45) is 0 Å². The minimum atomic E-state index is -0.454. The van der Waals surface area contributed by atoms with Crippen LogP contribution in [0.3, 0.4) is 0 Å². The van der Waals surface area contributed by atoms with Gasteiger partial charge in [-0.2, -0.15) is 5.10 Å². The van der Waals surface area contributed by atoms with Gasteiger partial charge in [0.15, 0.2) is 0 Å². The summed E-state index contributed by atoms with van der Waals surface area (Å²) in [7, 11) is 0. The van der Waals surface area contributed by atoms with Gasteiger partial charge in [0.2, 0.25) is 5.91 Å². The van der Waals surface area contributed by atoms with Gasteiger partial charge in [-0.25, -0.2) is 0 Å². The normalized spacial score (nSPS) is 12.1. The van der Waals surface area contributed by atoms with Gasteiger partial charge in [-0.3, -0.25) is 9.48 Å². The highest BCUT2D eigenvalue weighted by molar-refractivity contribution is 6.31. The first-order valence-corrected chi connectivity index (χ1v) is 9.56. The van der Waals surface area contributed by atoms with E-state index in [2.05, 4.69) is 5.32 Å². The molecule has 28 heavy (non-hydrogen) atoms. The second-order valence-corrected chi connectivity index (χ2v) is 7.14. The van der Waals surface area contributed by atoms with Crippen LogP contribution in [0.25, 0.3) is 22.2 Å². The van der Waals surface area contributed by atoms with Gasteiger partial charge in [0.25, 0.3) is 0 Å². The zero-order valence-electron chi connectivity index (χ0n) is 15.5. The van der Waals surface area contributed by atoms with Crippen molar-refractivity contribution in [3.63, 3.8) is 0 Å². The Morgan fingerprint density at radius 2 is 1.71 bits per heavy atom. The fourth-order valence-electron chi connectivity index (χ4n) is 3.26. The Morgan fingerprint density at radius 3 is 2.43 bits per heavy atom. The molecular formula is C23H20ClN3O. The smallest absolute Gasteiger partial charge is 0.244 e. The molecule has 0 aliphatic carbocycles. The molecule has 1 atom stereocenters. The molecule has 0 aliphatic heterocycles. The number of fused-ring (bicyclic) bond motifs is 1. The Morgan fingerprint density at radius 1 is 1.04 bits per heavy atom. The third-order valence-corrected chi connectivity index (χ3v) is 5.01. The highest BCUT2D eigenvalue weighted by Gasteiger charge is 2.21. The lowest BCUT2D eigenvalue weighted by atomic mass is 10.1. The largest absolute Gasteiger partial charge is 0.350 e. The van der Waals surface area contributed by atoms with E-state index in [1.165, 1.54) is 0 Å². The number of carbonyl (C=O) groups is 1. The van der Waals surface area contributed by atoms with E-state index in [1.807, 2.05) is 85.8 Å². The van der Waals surface area contributed by atoms with Crippen LogP contribution < -0.4 is 5.32 Å². The second-order valence-electron chi connectivity index (χ2n) is 6.70. The number of nitrogens with zero attached hydrogens (tertiary/aromatic N) is 2. The van der Waals surface area contributed by atoms with Gasteiger partial charge >= 0.3 is 0 Å². The third-order valence-electron chi connectivity index (χ3n) is 4.77. The van der Waals surface area contributed by atoms with Crippen molar-refractivity contribution in [1.82, 2.24) is 15.1 Å². The van der Waals surface area contributed by atoms with Crippen LogP contribution in [-0.2, 0) is 11.3 Å². The van der Waals surface area contributed by atoms with E-state index in [0.717, 1.165) is 27.7 Å². The van der Waals surface area contributed by atoms with E-state index < -0.39 is 6.04 Å². The Hall–Kier alpha value is -3.11. The number of halogens is 1. The van der Waals surface area contributed by atoms with Crippen LogP contribution in [0.1, 0.15) is 18.5 Å². The summed E-state index contributed by atoms with van der Waals surface area (Å²) < 4.78 is 1.77. The van der Waals surface area contributed by atoms with Crippen LogP contribution in [0.5, 0.6) is 0 Å². The quantitative estimate of drug-likeness (QED) is 0.507. The minimum absolute atomic E-state index is 0.0807. The van der Waals surface area contributed by atoms with Gasteiger partial charge in [0.1, 0.15) is 11.7 Å². The molecule has 0 unspecified atom stereocenters.